The van der Waals surface area contributed by atoms with Crippen LogP contribution in [0.4, 0.5) is 0 Å². The summed E-state index contributed by atoms with van der Waals surface area (Å²) in [5, 5.41) is 1.22. The first-order valence-electron chi connectivity index (χ1n) is 6.08. The lowest BCUT2D eigenvalue weighted by Crippen LogP contribution is -2.10. The Balaban J connectivity index is 2.42. The van der Waals surface area contributed by atoms with Crippen LogP contribution in [0.5, 0.6) is 5.75 Å². The van der Waals surface area contributed by atoms with Gasteiger partial charge >= 0.3 is 0 Å². The van der Waals surface area contributed by atoms with E-state index in [0.29, 0.717) is 6.54 Å². The second-order valence-electron chi connectivity index (χ2n) is 4.61. The van der Waals surface area contributed by atoms with Crippen LogP contribution in [-0.4, -0.2) is 17.2 Å². The third kappa shape index (κ3) is 2.44. The Labute approximate surface area is 102 Å². The van der Waals surface area contributed by atoms with E-state index in [9.17, 15) is 0 Å². The highest BCUT2D eigenvalue weighted by atomic mass is 16.5. The van der Waals surface area contributed by atoms with Gasteiger partial charge in [0.25, 0.3) is 0 Å². The third-order valence-corrected chi connectivity index (χ3v) is 2.80. The normalized spacial score (nSPS) is 11.4. The number of rotatable bonds is 4. The van der Waals surface area contributed by atoms with Crippen LogP contribution in [-0.2, 0) is 6.54 Å². The van der Waals surface area contributed by atoms with Gasteiger partial charge in [0.1, 0.15) is 5.75 Å². The molecule has 1 heterocycles. The molecule has 2 aromatic rings. The highest BCUT2D eigenvalue weighted by molar-refractivity contribution is 5.82. The van der Waals surface area contributed by atoms with Crippen molar-refractivity contribution >= 4 is 10.9 Å². The molecule has 0 spiro atoms. The van der Waals surface area contributed by atoms with Crippen molar-refractivity contribution in [2.75, 3.05) is 6.54 Å². The fourth-order valence-electron chi connectivity index (χ4n) is 2.16. The van der Waals surface area contributed by atoms with Gasteiger partial charge in [0.05, 0.1) is 6.10 Å². The summed E-state index contributed by atoms with van der Waals surface area (Å²) < 4.78 is 7.94. The molecule has 0 aliphatic rings. The van der Waals surface area contributed by atoms with E-state index in [1.807, 2.05) is 19.9 Å². The van der Waals surface area contributed by atoms with E-state index < -0.39 is 0 Å². The first kappa shape index (κ1) is 12.0. The van der Waals surface area contributed by atoms with Gasteiger partial charge in [-0.3, -0.25) is 0 Å². The molecule has 2 rings (SSSR count). The predicted octanol–water partition coefficient (Wildman–Crippen LogP) is 2.70. The largest absolute Gasteiger partial charge is 0.491 e. The van der Waals surface area contributed by atoms with Crippen molar-refractivity contribution in [1.29, 1.82) is 0 Å². The molecule has 1 aromatic carbocycles. The molecular weight excluding hydrogens is 212 g/mol. The number of nitrogens with zero attached hydrogens (tertiary/aromatic N) is 1. The fourth-order valence-corrected chi connectivity index (χ4v) is 2.16. The van der Waals surface area contributed by atoms with Crippen LogP contribution in [0.1, 0.15) is 19.5 Å². The maximum Gasteiger partial charge on any atom is 0.120 e. The van der Waals surface area contributed by atoms with Crippen LogP contribution in [0, 0.1) is 6.92 Å². The monoisotopic (exact) mass is 232 g/mol. The Kier molecular flexibility index (Phi) is 3.38. The van der Waals surface area contributed by atoms with Gasteiger partial charge in [0, 0.05) is 29.7 Å². The molecule has 0 unspecified atom stereocenters. The Morgan fingerprint density at radius 1 is 1.29 bits per heavy atom. The van der Waals surface area contributed by atoms with Gasteiger partial charge in [-0.1, -0.05) is 0 Å². The molecule has 0 aliphatic carbocycles. The minimum atomic E-state index is 0.208. The van der Waals surface area contributed by atoms with Crippen LogP contribution in [0.2, 0.25) is 0 Å². The van der Waals surface area contributed by atoms with Gasteiger partial charge in [0.2, 0.25) is 0 Å². The van der Waals surface area contributed by atoms with Crippen molar-refractivity contribution in [3.05, 3.63) is 30.0 Å². The molecule has 0 radical (unpaired) electrons. The highest BCUT2D eigenvalue weighted by Gasteiger charge is 2.06. The maximum atomic E-state index is 5.70. The van der Waals surface area contributed by atoms with Crippen molar-refractivity contribution < 1.29 is 4.74 Å². The molecule has 3 heteroatoms. The molecule has 0 fully saturated rings. The summed E-state index contributed by atoms with van der Waals surface area (Å²) in [6, 6.07) is 8.40. The van der Waals surface area contributed by atoms with E-state index in [4.69, 9.17) is 10.5 Å². The highest BCUT2D eigenvalue weighted by Crippen LogP contribution is 2.24. The summed E-state index contributed by atoms with van der Waals surface area (Å²) >= 11 is 0. The molecule has 92 valence electrons. The summed E-state index contributed by atoms with van der Waals surface area (Å²) in [5.74, 6) is 0.928. The number of hydrogen-bond donors (Lipinski definition) is 1. The van der Waals surface area contributed by atoms with Crippen LogP contribution >= 0.6 is 0 Å². The van der Waals surface area contributed by atoms with Crippen LogP contribution in [0.15, 0.2) is 24.3 Å². The SMILES string of the molecule is Cc1cc2cc(OC(C)C)ccc2n1CCN. The molecule has 0 saturated carbocycles. The summed E-state index contributed by atoms with van der Waals surface area (Å²) in [6.45, 7) is 7.71. The third-order valence-electron chi connectivity index (χ3n) is 2.80. The lowest BCUT2D eigenvalue weighted by Gasteiger charge is -2.10. The Morgan fingerprint density at radius 3 is 2.71 bits per heavy atom. The average molecular weight is 232 g/mol. The lowest BCUT2D eigenvalue weighted by atomic mass is 10.2. The van der Waals surface area contributed by atoms with Gasteiger partial charge in [-0.2, -0.15) is 0 Å². The number of hydrogen-bond acceptors (Lipinski definition) is 2. The quantitative estimate of drug-likeness (QED) is 0.880. The van der Waals surface area contributed by atoms with Crippen LogP contribution < -0.4 is 10.5 Å². The van der Waals surface area contributed by atoms with E-state index in [1.54, 1.807) is 0 Å². The molecule has 0 bridgehead atoms. The van der Waals surface area contributed by atoms with E-state index in [1.165, 1.54) is 16.6 Å². The zero-order chi connectivity index (χ0) is 12.4. The zero-order valence-electron chi connectivity index (χ0n) is 10.7. The number of aromatic nitrogens is 1. The van der Waals surface area contributed by atoms with Crippen molar-refractivity contribution in [3.63, 3.8) is 0 Å². The number of ether oxygens (including phenoxy) is 1. The topological polar surface area (TPSA) is 40.2 Å². The van der Waals surface area contributed by atoms with Gasteiger partial charge < -0.3 is 15.0 Å². The number of benzene rings is 1. The maximum absolute atomic E-state index is 5.70. The second-order valence-corrected chi connectivity index (χ2v) is 4.61. The van der Waals surface area contributed by atoms with Crippen LogP contribution in [0.3, 0.4) is 0 Å². The molecule has 1 aromatic heterocycles. The van der Waals surface area contributed by atoms with E-state index >= 15 is 0 Å². The van der Waals surface area contributed by atoms with E-state index in [0.717, 1.165) is 12.3 Å². The summed E-state index contributed by atoms with van der Waals surface area (Å²) in [5.41, 5.74) is 8.10. The smallest absolute Gasteiger partial charge is 0.120 e. The lowest BCUT2D eigenvalue weighted by molar-refractivity contribution is 0.243. The Bertz CT molecular complexity index is 514. The van der Waals surface area contributed by atoms with Gasteiger partial charge in [-0.25, -0.2) is 0 Å². The summed E-state index contributed by atoms with van der Waals surface area (Å²) in [4.78, 5) is 0. The zero-order valence-corrected chi connectivity index (χ0v) is 10.7. The number of fused-ring (bicyclic) bond motifs is 1. The summed E-state index contributed by atoms with van der Waals surface area (Å²) in [7, 11) is 0. The Morgan fingerprint density at radius 2 is 2.06 bits per heavy atom. The number of nitrogens with two attached hydrogens (primary N) is 1. The average Bonchev–Trinajstić information content (AvgIpc) is 2.54. The standard InChI is InChI=1S/C14H20N2O/c1-10(2)17-13-4-5-14-12(9-13)8-11(3)16(14)7-6-15/h4-5,8-10H,6-7,15H2,1-3H3. The molecule has 2 N–H and O–H groups in total. The molecule has 0 saturated heterocycles. The van der Waals surface area contributed by atoms with Crippen molar-refractivity contribution in [2.24, 2.45) is 5.73 Å². The van der Waals surface area contributed by atoms with Crippen molar-refractivity contribution in [3.8, 4) is 5.75 Å². The molecular formula is C14H20N2O. The number of aryl methyl sites for hydroxylation is 1. The molecule has 0 amide bonds. The van der Waals surface area contributed by atoms with Gasteiger partial charge in [0.15, 0.2) is 0 Å². The predicted molar refractivity (Wildman–Crippen MR) is 71.5 cm³/mol. The second kappa shape index (κ2) is 4.80. The molecule has 3 nitrogen and oxygen atoms in total. The van der Waals surface area contributed by atoms with Crippen molar-refractivity contribution in [1.82, 2.24) is 4.57 Å². The van der Waals surface area contributed by atoms with E-state index in [2.05, 4.69) is 29.7 Å². The fraction of sp³-hybridized carbons (Fsp3) is 0.429. The van der Waals surface area contributed by atoms with Crippen LogP contribution in [0.25, 0.3) is 10.9 Å². The molecule has 0 aliphatic heterocycles. The first-order valence-corrected chi connectivity index (χ1v) is 6.08. The minimum absolute atomic E-state index is 0.208. The van der Waals surface area contributed by atoms with E-state index in [-0.39, 0.29) is 6.10 Å². The van der Waals surface area contributed by atoms with Crippen molar-refractivity contribution in [2.45, 2.75) is 33.4 Å². The summed E-state index contributed by atoms with van der Waals surface area (Å²) in [6.07, 6.45) is 0.208. The van der Waals surface area contributed by atoms with Gasteiger partial charge in [-0.05, 0) is 45.0 Å². The minimum Gasteiger partial charge on any atom is -0.491 e. The molecule has 0 atom stereocenters. The molecule has 17 heavy (non-hydrogen) atoms. The first-order chi connectivity index (χ1) is 8.11. The van der Waals surface area contributed by atoms with Gasteiger partial charge in [-0.15, -0.1) is 0 Å². The Hall–Kier alpha value is -1.48.